The maximum Gasteiger partial charge on any atom is 0.126 e. The van der Waals surface area contributed by atoms with Gasteiger partial charge in [0, 0.05) is 12.1 Å². The van der Waals surface area contributed by atoms with E-state index in [-0.39, 0.29) is 6.10 Å². The van der Waals surface area contributed by atoms with Gasteiger partial charge in [0.05, 0.1) is 0 Å². The summed E-state index contributed by atoms with van der Waals surface area (Å²) in [4.78, 5) is 2.43. The number of hydrogen-bond donors (Lipinski definition) is 1. The monoisotopic (exact) mass is 247 g/mol. The Morgan fingerprint density at radius 2 is 2.17 bits per heavy atom. The van der Waals surface area contributed by atoms with E-state index >= 15 is 0 Å². The smallest absolute Gasteiger partial charge is 0.126 e. The summed E-state index contributed by atoms with van der Waals surface area (Å²) in [6, 6.07) is 6.01. The van der Waals surface area contributed by atoms with Crippen LogP contribution in [0.4, 0.5) is 0 Å². The van der Waals surface area contributed by atoms with Crippen LogP contribution in [0.2, 0.25) is 0 Å². The van der Waals surface area contributed by atoms with Crippen molar-refractivity contribution in [3.8, 4) is 11.5 Å². The second-order valence-corrected chi connectivity index (χ2v) is 5.53. The van der Waals surface area contributed by atoms with E-state index in [1.807, 2.05) is 6.07 Å². The fourth-order valence-electron chi connectivity index (χ4n) is 3.22. The molecule has 0 aromatic heterocycles. The first-order chi connectivity index (χ1) is 8.74. The highest BCUT2D eigenvalue weighted by molar-refractivity contribution is 5.41. The van der Waals surface area contributed by atoms with E-state index in [0.29, 0.717) is 11.8 Å². The number of phenolic OH excluding ortho intramolecular Hbond substituents is 1. The molecule has 0 bridgehead atoms. The number of benzene rings is 1. The van der Waals surface area contributed by atoms with Crippen molar-refractivity contribution in [2.24, 2.45) is 0 Å². The number of ether oxygens (including phenoxy) is 1. The fraction of sp³-hybridized carbons (Fsp3) is 0.600. The SMILES string of the molecule is CN1CCCC[C@@H]1[C@H]1CCc2ccc(O)cc2O1. The molecule has 2 heterocycles. The minimum absolute atomic E-state index is 0.282. The van der Waals surface area contributed by atoms with Gasteiger partial charge in [-0.3, -0.25) is 4.90 Å². The molecule has 98 valence electrons. The van der Waals surface area contributed by atoms with Crippen LogP contribution in [-0.4, -0.2) is 35.7 Å². The average Bonchev–Trinajstić information content (AvgIpc) is 2.38. The van der Waals surface area contributed by atoms with Crippen molar-refractivity contribution in [3.05, 3.63) is 23.8 Å². The van der Waals surface area contributed by atoms with Gasteiger partial charge in [0.2, 0.25) is 0 Å². The van der Waals surface area contributed by atoms with Gasteiger partial charge in [0.15, 0.2) is 0 Å². The van der Waals surface area contributed by atoms with Crippen LogP contribution in [0, 0.1) is 0 Å². The summed E-state index contributed by atoms with van der Waals surface area (Å²) in [5.41, 5.74) is 1.22. The number of likely N-dealkylation sites (tertiary alicyclic amines) is 1. The average molecular weight is 247 g/mol. The summed E-state index contributed by atoms with van der Waals surface area (Å²) in [6.07, 6.45) is 6.27. The summed E-state index contributed by atoms with van der Waals surface area (Å²) in [7, 11) is 2.20. The Morgan fingerprint density at radius 1 is 1.28 bits per heavy atom. The summed E-state index contributed by atoms with van der Waals surface area (Å²) in [6.45, 7) is 1.18. The summed E-state index contributed by atoms with van der Waals surface area (Å²) < 4.78 is 6.12. The number of fused-ring (bicyclic) bond motifs is 1. The summed E-state index contributed by atoms with van der Waals surface area (Å²) in [5.74, 6) is 1.18. The number of aryl methyl sites for hydroxylation is 1. The molecular weight excluding hydrogens is 226 g/mol. The maximum atomic E-state index is 9.55. The van der Waals surface area contributed by atoms with Crippen LogP contribution in [0.3, 0.4) is 0 Å². The zero-order valence-electron chi connectivity index (χ0n) is 10.9. The maximum absolute atomic E-state index is 9.55. The van der Waals surface area contributed by atoms with Crippen LogP contribution in [0.1, 0.15) is 31.2 Å². The number of aromatic hydroxyl groups is 1. The van der Waals surface area contributed by atoms with Crippen LogP contribution in [0.25, 0.3) is 0 Å². The van der Waals surface area contributed by atoms with Crippen molar-refractivity contribution in [3.63, 3.8) is 0 Å². The molecule has 3 heteroatoms. The van der Waals surface area contributed by atoms with Crippen LogP contribution < -0.4 is 4.74 Å². The molecule has 3 rings (SSSR count). The van der Waals surface area contributed by atoms with Gasteiger partial charge < -0.3 is 9.84 Å². The highest BCUT2D eigenvalue weighted by atomic mass is 16.5. The molecule has 3 nitrogen and oxygen atoms in total. The number of nitrogens with zero attached hydrogens (tertiary/aromatic N) is 1. The Bertz CT molecular complexity index is 433. The van der Waals surface area contributed by atoms with Crippen LogP contribution >= 0.6 is 0 Å². The molecule has 0 saturated carbocycles. The normalized spacial score (nSPS) is 28.5. The molecule has 0 amide bonds. The van der Waals surface area contributed by atoms with Crippen molar-refractivity contribution in [1.29, 1.82) is 0 Å². The van der Waals surface area contributed by atoms with Crippen LogP contribution in [0.15, 0.2) is 18.2 Å². The van der Waals surface area contributed by atoms with Gasteiger partial charge in [0.25, 0.3) is 0 Å². The Balaban J connectivity index is 1.77. The van der Waals surface area contributed by atoms with Crippen molar-refractivity contribution >= 4 is 0 Å². The predicted molar refractivity (Wildman–Crippen MR) is 71.1 cm³/mol. The molecule has 0 unspecified atom stereocenters. The zero-order chi connectivity index (χ0) is 12.5. The van der Waals surface area contributed by atoms with Gasteiger partial charge in [-0.05, 0) is 50.9 Å². The third-order valence-electron chi connectivity index (χ3n) is 4.28. The first kappa shape index (κ1) is 11.8. The number of hydrogen-bond acceptors (Lipinski definition) is 3. The first-order valence-corrected chi connectivity index (χ1v) is 6.93. The lowest BCUT2D eigenvalue weighted by molar-refractivity contribution is 0.0446. The molecule has 0 aliphatic carbocycles. The molecule has 2 aliphatic heterocycles. The number of rotatable bonds is 1. The Labute approximate surface area is 108 Å². The van der Waals surface area contributed by atoms with Gasteiger partial charge in [0.1, 0.15) is 17.6 Å². The van der Waals surface area contributed by atoms with E-state index in [1.54, 1.807) is 12.1 Å². The molecule has 1 saturated heterocycles. The first-order valence-electron chi connectivity index (χ1n) is 6.93. The molecule has 1 fully saturated rings. The third-order valence-corrected chi connectivity index (χ3v) is 4.28. The van der Waals surface area contributed by atoms with E-state index < -0.39 is 0 Å². The molecule has 2 aliphatic rings. The molecule has 18 heavy (non-hydrogen) atoms. The zero-order valence-corrected chi connectivity index (χ0v) is 10.9. The molecule has 0 radical (unpaired) electrons. The van der Waals surface area contributed by atoms with E-state index in [4.69, 9.17) is 4.74 Å². The fourth-order valence-corrected chi connectivity index (χ4v) is 3.22. The summed E-state index contributed by atoms with van der Waals surface area (Å²) >= 11 is 0. The lowest BCUT2D eigenvalue weighted by Gasteiger charge is -2.40. The van der Waals surface area contributed by atoms with E-state index in [0.717, 1.165) is 18.6 Å². The van der Waals surface area contributed by atoms with Gasteiger partial charge in [-0.25, -0.2) is 0 Å². The number of phenols is 1. The second kappa shape index (κ2) is 4.81. The van der Waals surface area contributed by atoms with Gasteiger partial charge in [-0.2, -0.15) is 0 Å². The largest absolute Gasteiger partial charge is 0.508 e. The molecule has 1 N–H and O–H groups in total. The highest BCUT2D eigenvalue weighted by Gasteiger charge is 2.31. The minimum Gasteiger partial charge on any atom is -0.508 e. The van der Waals surface area contributed by atoms with Crippen LogP contribution in [0.5, 0.6) is 11.5 Å². The molecule has 2 atom stereocenters. The molecule has 1 aromatic carbocycles. The predicted octanol–water partition coefficient (Wildman–Crippen LogP) is 2.57. The van der Waals surface area contributed by atoms with Crippen molar-refractivity contribution in [1.82, 2.24) is 4.90 Å². The molecular formula is C15H21NO2. The van der Waals surface area contributed by atoms with Gasteiger partial charge in [-0.1, -0.05) is 12.5 Å². The lowest BCUT2D eigenvalue weighted by atomic mass is 9.92. The van der Waals surface area contributed by atoms with Crippen molar-refractivity contribution < 1.29 is 9.84 Å². The Hall–Kier alpha value is -1.22. The van der Waals surface area contributed by atoms with E-state index in [9.17, 15) is 5.11 Å². The molecule has 1 aromatic rings. The van der Waals surface area contributed by atoms with Crippen molar-refractivity contribution in [2.75, 3.05) is 13.6 Å². The quantitative estimate of drug-likeness (QED) is 0.828. The Morgan fingerprint density at radius 3 is 3.00 bits per heavy atom. The topological polar surface area (TPSA) is 32.7 Å². The van der Waals surface area contributed by atoms with Crippen molar-refractivity contribution in [2.45, 2.75) is 44.2 Å². The van der Waals surface area contributed by atoms with Crippen LogP contribution in [-0.2, 0) is 6.42 Å². The highest BCUT2D eigenvalue weighted by Crippen LogP contribution is 2.34. The van der Waals surface area contributed by atoms with Gasteiger partial charge >= 0.3 is 0 Å². The van der Waals surface area contributed by atoms with E-state index in [1.165, 1.54) is 31.4 Å². The molecule has 0 spiro atoms. The standard InChI is InChI=1S/C15H21NO2/c1-16-9-3-2-4-13(16)14-8-6-11-5-7-12(17)10-15(11)18-14/h5,7,10,13-14,17H,2-4,6,8-9H2,1H3/t13-,14-/m1/s1. The minimum atomic E-state index is 0.282. The van der Waals surface area contributed by atoms with E-state index in [2.05, 4.69) is 11.9 Å². The number of piperidine rings is 1. The third kappa shape index (κ3) is 2.19. The van der Waals surface area contributed by atoms with Gasteiger partial charge in [-0.15, -0.1) is 0 Å². The lowest BCUT2D eigenvalue weighted by Crippen LogP contribution is -2.48. The Kier molecular flexibility index (Phi) is 3.16. The second-order valence-electron chi connectivity index (χ2n) is 5.53. The summed E-state index contributed by atoms with van der Waals surface area (Å²) in [5, 5.41) is 9.55. The number of likely N-dealkylation sites (N-methyl/N-ethyl adjacent to an activating group) is 1.